The van der Waals surface area contributed by atoms with E-state index >= 15 is 0 Å². The van der Waals surface area contributed by atoms with E-state index < -0.39 is 0 Å². The first-order chi connectivity index (χ1) is 10.6. The molecule has 1 aliphatic rings. The number of aromatic nitrogens is 1. The summed E-state index contributed by atoms with van der Waals surface area (Å²) in [7, 11) is 0. The molecule has 3 rings (SSSR count). The third kappa shape index (κ3) is 3.21. The van der Waals surface area contributed by atoms with Crippen LogP contribution in [0.1, 0.15) is 47.5 Å². The lowest BCUT2D eigenvalue weighted by Gasteiger charge is -2.20. The number of hydrogen-bond donors (Lipinski definition) is 0. The number of halogens is 2. The fourth-order valence-corrected chi connectivity index (χ4v) is 2.72. The van der Waals surface area contributed by atoms with Gasteiger partial charge in [0.05, 0.1) is 0 Å². The lowest BCUT2D eigenvalue weighted by atomic mass is 10.2. The minimum atomic E-state index is -0.326. The summed E-state index contributed by atoms with van der Waals surface area (Å²) in [5.41, 5.74) is 0.759. The molecule has 1 aromatic heterocycles. The van der Waals surface area contributed by atoms with Crippen molar-refractivity contribution in [2.45, 2.75) is 32.2 Å². The Hall–Kier alpha value is -1.69. The molecule has 22 heavy (non-hydrogen) atoms. The summed E-state index contributed by atoms with van der Waals surface area (Å²) in [4.78, 5) is 14.1. The van der Waals surface area contributed by atoms with E-state index in [1.165, 1.54) is 6.07 Å². The number of carbonyl (C=O) groups excluding carboxylic acids is 1. The Morgan fingerprint density at radius 1 is 1.45 bits per heavy atom. The van der Waals surface area contributed by atoms with Crippen molar-refractivity contribution >= 4 is 21.8 Å². The molecule has 0 bridgehead atoms. The topological polar surface area (TPSA) is 46.3 Å². The standard InChI is InChI=1S/C16H16BrFN2O2/c1-2-20(9-11-7-12(17)5-6-13(11)18)16(21)14-8-15(22-19-14)10-3-4-10/h5-8,10H,2-4,9H2,1H3. The van der Waals surface area contributed by atoms with Gasteiger partial charge in [-0.15, -0.1) is 0 Å². The summed E-state index contributed by atoms with van der Waals surface area (Å²) in [6, 6.07) is 6.42. The van der Waals surface area contributed by atoms with E-state index in [9.17, 15) is 9.18 Å². The van der Waals surface area contributed by atoms with Crippen LogP contribution in [0.5, 0.6) is 0 Å². The quantitative estimate of drug-likeness (QED) is 0.799. The second-order valence-electron chi connectivity index (χ2n) is 5.44. The molecule has 0 saturated heterocycles. The Bertz CT molecular complexity index is 697. The van der Waals surface area contributed by atoms with Crippen LogP contribution in [0.4, 0.5) is 4.39 Å². The van der Waals surface area contributed by atoms with Gasteiger partial charge < -0.3 is 9.42 Å². The molecule has 1 aromatic carbocycles. The zero-order valence-electron chi connectivity index (χ0n) is 12.2. The Morgan fingerprint density at radius 2 is 2.23 bits per heavy atom. The molecule has 1 fully saturated rings. The number of carbonyl (C=O) groups is 1. The minimum Gasteiger partial charge on any atom is -0.360 e. The monoisotopic (exact) mass is 366 g/mol. The van der Waals surface area contributed by atoms with Crippen molar-refractivity contribution in [2.75, 3.05) is 6.54 Å². The van der Waals surface area contributed by atoms with Gasteiger partial charge in [-0.25, -0.2) is 4.39 Å². The van der Waals surface area contributed by atoms with Crippen molar-refractivity contribution in [3.8, 4) is 0 Å². The second-order valence-corrected chi connectivity index (χ2v) is 6.36. The van der Waals surface area contributed by atoms with E-state index in [0.717, 1.165) is 23.1 Å². The molecule has 0 radical (unpaired) electrons. The molecule has 0 N–H and O–H groups in total. The molecule has 1 amide bonds. The van der Waals surface area contributed by atoms with Gasteiger partial charge in [0.15, 0.2) is 5.69 Å². The number of hydrogen-bond acceptors (Lipinski definition) is 3. The Labute approximate surface area is 136 Å². The molecule has 6 heteroatoms. The van der Waals surface area contributed by atoms with Gasteiger partial charge in [-0.3, -0.25) is 4.79 Å². The van der Waals surface area contributed by atoms with Gasteiger partial charge in [-0.1, -0.05) is 21.1 Å². The number of rotatable bonds is 5. The van der Waals surface area contributed by atoms with Crippen LogP contribution < -0.4 is 0 Å². The van der Waals surface area contributed by atoms with E-state index in [4.69, 9.17) is 4.52 Å². The Morgan fingerprint density at radius 3 is 2.91 bits per heavy atom. The van der Waals surface area contributed by atoms with E-state index in [1.807, 2.05) is 6.92 Å². The zero-order chi connectivity index (χ0) is 15.7. The largest absolute Gasteiger partial charge is 0.360 e. The summed E-state index contributed by atoms with van der Waals surface area (Å²) in [6.07, 6.45) is 2.17. The molecule has 0 atom stereocenters. The third-order valence-corrected chi connectivity index (χ3v) is 4.26. The molecular formula is C16H16BrFN2O2. The molecule has 0 aliphatic heterocycles. The fourth-order valence-electron chi connectivity index (χ4n) is 2.31. The number of amides is 1. The summed E-state index contributed by atoms with van der Waals surface area (Å²) in [5, 5.41) is 3.86. The van der Waals surface area contributed by atoms with Crippen molar-refractivity contribution in [1.82, 2.24) is 10.1 Å². The molecule has 116 valence electrons. The maximum atomic E-state index is 13.9. The van der Waals surface area contributed by atoms with Crippen molar-refractivity contribution in [1.29, 1.82) is 0 Å². The normalized spacial score (nSPS) is 14.1. The molecular weight excluding hydrogens is 351 g/mol. The highest BCUT2D eigenvalue weighted by Crippen LogP contribution is 2.40. The molecule has 1 heterocycles. The van der Waals surface area contributed by atoms with Gasteiger partial charge in [0.1, 0.15) is 11.6 Å². The van der Waals surface area contributed by atoms with Gasteiger partial charge in [-0.05, 0) is 38.0 Å². The lowest BCUT2D eigenvalue weighted by molar-refractivity contribution is 0.0740. The molecule has 2 aromatic rings. The molecule has 1 aliphatic carbocycles. The second kappa shape index (κ2) is 6.20. The van der Waals surface area contributed by atoms with Crippen LogP contribution in [-0.2, 0) is 6.54 Å². The van der Waals surface area contributed by atoms with Crippen LogP contribution in [0.25, 0.3) is 0 Å². The maximum absolute atomic E-state index is 13.9. The average Bonchev–Trinajstić information content (AvgIpc) is 3.25. The predicted molar refractivity (Wildman–Crippen MR) is 83.0 cm³/mol. The summed E-state index contributed by atoms with van der Waals surface area (Å²) >= 11 is 3.32. The van der Waals surface area contributed by atoms with E-state index in [0.29, 0.717) is 23.7 Å². The van der Waals surface area contributed by atoms with E-state index in [1.54, 1.807) is 23.1 Å². The summed E-state index contributed by atoms with van der Waals surface area (Å²) in [5.74, 6) is 0.616. The number of benzene rings is 1. The molecule has 4 nitrogen and oxygen atoms in total. The van der Waals surface area contributed by atoms with Crippen LogP contribution in [0.2, 0.25) is 0 Å². The highest BCUT2D eigenvalue weighted by Gasteiger charge is 2.29. The van der Waals surface area contributed by atoms with Gasteiger partial charge in [0, 0.05) is 35.1 Å². The van der Waals surface area contributed by atoms with Crippen LogP contribution >= 0.6 is 15.9 Å². The smallest absolute Gasteiger partial charge is 0.276 e. The third-order valence-electron chi connectivity index (χ3n) is 3.77. The van der Waals surface area contributed by atoms with E-state index in [2.05, 4.69) is 21.1 Å². The van der Waals surface area contributed by atoms with Crippen molar-refractivity contribution < 1.29 is 13.7 Å². The van der Waals surface area contributed by atoms with Gasteiger partial charge >= 0.3 is 0 Å². The van der Waals surface area contributed by atoms with Crippen molar-refractivity contribution in [2.24, 2.45) is 0 Å². The highest BCUT2D eigenvalue weighted by molar-refractivity contribution is 9.10. The lowest BCUT2D eigenvalue weighted by Crippen LogP contribution is -2.30. The van der Waals surface area contributed by atoms with Crippen molar-refractivity contribution in [3.05, 3.63) is 51.6 Å². The Kier molecular flexibility index (Phi) is 4.29. The molecule has 0 unspecified atom stereocenters. The highest BCUT2D eigenvalue weighted by atomic mass is 79.9. The van der Waals surface area contributed by atoms with Crippen LogP contribution in [-0.4, -0.2) is 22.5 Å². The first kappa shape index (κ1) is 15.2. The SMILES string of the molecule is CCN(Cc1cc(Br)ccc1F)C(=O)c1cc(C2CC2)on1. The summed E-state index contributed by atoms with van der Waals surface area (Å²) in [6.45, 7) is 2.53. The summed E-state index contributed by atoms with van der Waals surface area (Å²) < 4.78 is 19.9. The maximum Gasteiger partial charge on any atom is 0.276 e. The van der Waals surface area contributed by atoms with Gasteiger partial charge in [-0.2, -0.15) is 0 Å². The minimum absolute atomic E-state index is 0.201. The fraction of sp³-hybridized carbons (Fsp3) is 0.375. The molecule has 0 spiro atoms. The predicted octanol–water partition coefficient (Wildman–Crippen LogP) is 4.12. The Balaban J connectivity index is 1.77. The van der Waals surface area contributed by atoms with Crippen LogP contribution in [0, 0.1) is 5.82 Å². The van der Waals surface area contributed by atoms with Crippen LogP contribution in [0.15, 0.2) is 33.3 Å². The first-order valence-corrected chi connectivity index (χ1v) is 8.07. The molecule has 1 saturated carbocycles. The first-order valence-electron chi connectivity index (χ1n) is 7.28. The zero-order valence-corrected chi connectivity index (χ0v) is 13.8. The van der Waals surface area contributed by atoms with Gasteiger partial charge in [0.2, 0.25) is 0 Å². The van der Waals surface area contributed by atoms with Crippen molar-refractivity contribution in [3.63, 3.8) is 0 Å². The van der Waals surface area contributed by atoms with Gasteiger partial charge in [0.25, 0.3) is 5.91 Å². The average molecular weight is 367 g/mol. The van der Waals surface area contributed by atoms with E-state index in [-0.39, 0.29) is 18.3 Å². The number of nitrogens with zero attached hydrogens (tertiary/aromatic N) is 2. The van der Waals surface area contributed by atoms with Crippen LogP contribution in [0.3, 0.4) is 0 Å².